The van der Waals surface area contributed by atoms with Gasteiger partial charge in [0.25, 0.3) is 5.91 Å². The van der Waals surface area contributed by atoms with E-state index >= 15 is 0 Å². The summed E-state index contributed by atoms with van der Waals surface area (Å²) in [5.41, 5.74) is 6.82. The Morgan fingerprint density at radius 3 is 2.61 bits per heavy atom. The maximum atomic E-state index is 12.5. The number of anilines is 1. The number of likely N-dealkylation sites (tertiary alicyclic amines) is 1. The highest BCUT2D eigenvalue weighted by Gasteiger charge is 2.21. The molecule has 0 aromatic heterocycles. The van der Waals surface area contributed by atoms with E-state index in [9.17, 15) is 9.59 Å². The Bertz CT molecular complexity index is 571. The van der Waals surface area contributed by atoms with Gasteiger partial charge < -0.3 is 16.0 Å². The van der Waals surface area contributed by atoms with Crippen LogP contribution < -0.4 is 11.1 Å². The van der Waals surface area contributed by atoms with Gasteiger partial charge in [0, 0.05) is 18.8 Å². The smallest absolute Gasteiger partial charge is 0.255 e. The molecule has 0 bridgehead atoms. The van der Waals surface area contributed by atoms with E-state index in [1.807, 2.05) is 11.8 Å². The molecule has 1 saturated heterocycles. The monoisotopic (exact) mass is 337 g/mol. The molecule has 1 aliphatic heterocycles. The molecule has 0 radical (unpaired) electrons. The number of hydrogen-bond donors (Lipinski definition) is 2. The predicted octanol–water partition coefficient (Wildman–Crippen LogP) is 3.03. The van der Waals surface area contributed by atoms with Crippen molar-refractivity contribution in [3.8, 4) is 0 Å². The van der Waals surface area contributed by atoms with E-state index in [2.05, 4.69) is 5.32 Å². The maximum absolute atomic E-state index is 12.5. The average Bonchev–Trinajstić information content (AvgIpc) is 2.55. The third-order valence-corrected chi connectivity index (χ3v) is 4.36. The molecule has 1 heterocycles. The molecule has 0 saturated carbocycles. The van der Waals surface area contributed by atoms with Crippen LogP contribution in [0.1, 0.15) is 49.4 Å². The zero-order valence-electron chi connectivity index (χ0n) is 13.5. The first-order chi connectivity index (χ1) is 11.0. The number of nitrogens with one attached hydrogen (secondary N) is 1. The van der Waals surface area contributed by atoms with E-state index in [0.29, 0.717) is 22.7 Å². The minimum Gasteiger partial charge on any atom is -0.339 e. The van der Waals surface area contributed by atoms with Crippen molar-refractivity contribution in [3.05, 3.63) is 28.8 Å². The first-order valence-corrected chi connectivity index (χ1v) is 8.56. The summed E-state index contributed by atoms with van der Waals surface area (Å²) in [5, 5.41) is 3.09. The van der Waals surface area contributed by atoms with E-state index in [-0.39, 0.29) is 11.8 Å². The second kappa shape index (κ2) is 8.31. The van der Waals surface area contributed by atoms with Gasteiger partial charge in [-0.25, -0.2) is 0 Å². The molecule has 2 rings (SSSR count). The lowest BCUT2D eigenvalue weighted by Crippen LogP contribution is -2.36. The van der Waals surface area contributed by atoms with Gasteiger partial charge in [-0.05, 0) is 43.9 Å². The number of nitrogens with two attached hydrogens (primary N) is 1. The van der Waals surface area contributed by atoms with Crippen LogP contribution in [-0.4, -0.2) is 35.8 Å². The minimum absolute atomic E-state index is 0.0461. The van der Waals surface area contributed by atoms with Crippen LogP contribution in [0.15, 0.2) is 18.2 Å². The SMILES string of the molecule is CCCC(N)C(=O)Nc1ccc(C(=O)N2CCCCC2)c(Cl)c1. The third-order valence-electron chi connectivity index (χ3n) is 4.05. The van der Waals surface area contributed by atoms with E-state index in [4.69, 9.17) is 17.3 Å². The molecule has 0 spiro atoms. The zero-order valence-corrected chi connectivity index (χ0v) is 14.2. The van der Waals surface area contributed by atoms with Crippen LogP contribution >= 0.6 is 11.6 Å². The number of halogens is 1. The number of rotatable bonds is 5. The second-order valence-electron chi connectivity index (χ2n) is 5.93. The van der Waals surface area contributed by atoms with Gasteiger partial charge in [0.2, 0.25) is 5.91 Å². The lowest BCUT2D eigenvalue weighted by atomic mass is 10.1. The summed E-state index contributed by atoms with van der Waals surface area (Å²) in [6, 6.07) is 4.43. The average molecular weight is 338 g/mol. The van der Waals surface area contributed by atoms with Gasteiger partial charge in [-0.3, -0.25) is 9.59 Å². The molecule has 1 aromatic rings. The number of nitrogens with zero attached hydrogens (tertiary/aromatic N) is 1. The van der Waals surface area contributed by atoms with Crippen LogP contribution in [0.4, 0.5) is 5.69 Å². The lowest BCUT2D eigenvalue weighted by Gasteiger charge is -2.27. The molecular formula is C17H24ClN3O2. The molecule has 1 aliphatic rings. The van der Waals surface area contributed by atoms with E-state index < -0.39 is 6.04 Å². The fourth-order valence-electron chi connectivity index (χ4n) is 2.71. The van der Waals surface area contributed by atoms with Crippen molar-refractivity contribution >= 4 is 29.1 Å². The Labute approximate surface area is 142 Å². The van der Waals surface area contributed by atoms with Gasteiger partial charge in [-0.1, -0.05) is 24.9 Å². The molecule has 1 atom stereocenters. The van der Waals surface area contributed by atoms with Crippen LogP contribution in [0.25, 0.3) is 0 Å². The first-order valence-electron chi connectivity index (χ1n) is 8.18. The molecule has 5 nitrogen and oxygen atoms in total. The molecule has 0 aliphatic carbocycles. The van der Waals surface area contributed by atoms with Gasteiger partial charge in [0.15, 0.2) is 0 Å². The molecular weight excluding hydrogens is 314 g/mol. The molecule has 126 valence electrons. The highest BCUT2D eigenvalue weighted by molar-refractivity contribution is 6.34. The summed E-state index contributed by atoms with van der Waals surface area (Å²) < 4.78 is 0. The largest absolute Gasteiger partial charge is 0.339 e. The number of benzene rings is 1. The van der Waals surface area contributed by atoms with Gasteiger partial charge in [0.1, 0.15) is 0 Å². The van der Waals surface area contributed by atoms with Crippen LogP contribution in [0.5, 0.6) is 0 Å². The quantitative estimate of drug-likeness (QED) is 0.867. The minimum atomic E-state index is -0.534. The zero-order chi connectivity index (χ0) is 16.8. The van der Waals surface area contributed by atoms with Crippen molar-refractivity contribution in [2.75, 3.05) is 18.4 Å². The van der Waals surface area contributed by atoms with Crippen LogP contribution in [0.3, 0.4) is 0 Å². The standard InChI is InChI=1S/C17H24ClN3O2/c1-2-6-15(19)16(22)20-12-7-8-13(14(18)11-12)17(23)21-9-4-3-5-10-21/h7-8,11,15H,2-6,9-10,19H2,1H3,(H,20,22). The van der Waals surface area contributed by atoms with Crippen LogP contribution in [0.2, 0.25) is 5.02 Å². The van der Waals surface area contributed by atoms with Crippen molar-refractivity contribution in [3.63, 3.8) is 0 Å². The van der Waals surface area contributed by atoms with Crippen molar-refractivity contribution in [1.29, 1.82) is 0 Å². The Hall–Kier alpha value is -1.59. The summed E-state index contributed by atoms with van der Waals surface area (Å²) in [6.07, 6.45) is 4.71. The second-order valence-corrected chi connectivity index (χ2v) is 6.34. The molecule has 6 heteroatoms. The van der Waals surface area contributed by atoms with Gasteiger partial charge in [0.05, 0.1) is 16.6 Å². The third kappa shape index (κ3) is 4.69. The lowest BCUT2D eigenvalue weighted by molar-refractivity contribution is -0.117. The molecule has 3 N–H and O–H groups in total. The molecule has 23 heavy (non-hydrogen) atoms. The Morgan fingerprint density at radius 1 is 1.30 bits per heavy atom. The molecule has 2 amide bonds. The van der Waals surface area contributed by atoms with E-state index in [1.165, 1.54) is 6.42 Å². The van der Waals surface area contributed by atoms with Crippen molar-refractivity contribution < 1.29 is 9.59 Å². The number of carbonyl (C=O) groups excluding carboxylic acids is 2. The van der Waals surface area contributed by atoms with Crippen LogP contribution in [0, 0.1) is 0 Å². The van der Waals surface area contributed by atoms with Crippen LogP contribution in [-0.2, 0) is 4.79 Å². The number of carbonyl (C=O) groups is 2. The normalized spacial score (nSPS) is 16.0. The summed E-state index contributed by atoms with van der Waals surface area (Å²) in [4.78, 5) is 26.2. The Morgan fingerprint density at radius 2 is 2.00 bits per heavy atom. The first kappa shape index (κ1) is 17.8. The van der Waals surface area contributed by atoms with Crippen molar-refractivity contribution in [2.45, 2.75) is 45.1 Å². The number of hydrogen-bond acceptors (Lipinski definition) is 3. The number of amides is 2. The number of piperidine rings is 1. The maximum Gasteiger partial charge on any atom is 0.255 e. The molecule has 1 unspecified atom stereocenters. The van der Waals surface area contributed by atoms with E-state index in [0.717, 1.165) is 32.4 Å². The fraction of sp³-hybridized carbons (Fsp3) is 0.529. The highest BCUT2D eigenvalue weighted by Crippen LogP contribution is 2.24. The van der Waals surface area contributed by atoms with Gasteiger partial charge in [-0.15, -0.1) is 0 Å². The summed E-state index contributed by atoms with van der Waals surface area (Å²) in [6.45, 7) is 3.53. The Balaban J connectivity index is 2.05. The van der Waals surface area contributed by atoms with Crippen molar-refractivity contribution in [2.24, 2.45) is 5.73 Å². The highest BCUT2D eigenvalue weighted by atomic mass is 35.5. The summed E-state index contributed by atoms with van der Waals surface area (Å²) in [5.74, 6) is -0.284. The summed E-state index contributed by atoms with van der Waals surface area (Å²) in [7, 11) is 0. The molecule has 1 aromatic carbocycles. The van der Waals surface area contributed by atoms with E-state index in [1.54, 1.807) is 18.2 Å². The Kier molecular flexibility index (Phi) is 6.42. The van der Waals surface area contributed by atoms with Gasteiger partial charge in [-0.2, -0.15) is 0 Å². The topological polar surface area (TPSA) is 75.4 Å². The predicted molar refractivity (Wildman–Crippen MR) is 92.7 cm³/mol. The summed E-state index contributed by atoms with van der Waals surface area (Å²) >= 11 is 6.24. The van der Waals surface area contributed by atoms with Crippen molar-refractivity contribution in [1.82, 2.24) is 4.90 Å². The van der Waals surface area contributed by atoms with Gasteiger partial charge >= 0.3 is 0 Å². The molecule has 1 fully saturated rings. The fourth-order valence-corrected chi connectivity index (χ4v) is 2.97.